The zero-order valence-electron chi connectivity index (χ0n) is 15.9. The zero-order chi connectivity index (χ0) is 19.0. The van der Waals surface area contributed by atoms with Crippen molar-refractivity contribution in [2.75, 3.05) is 13.2 Å². The van der Waals surface area contributed by atoms with Crippen molar-refractivity contribution in [1.29, 1.82) is 0 Å². The van der Waals surface area contributed by atoms with Crippen LogP contribution in [0.3, 0.4) is 0 Å². The summed E-state index contributed by atoms with van der Waals surface area (Å²) in [4.78, 5) is 16.9. The normalized spacial score (nSPS) is 18.8. The van der Waals surface area contributed by atoms with Gasteiger partial charge in [0.1, 0.15) is 6.20 Å². The third-order valence-electron chi connectivity index (χ3n) is 5.39. The highest BCUT2D eigenvalue weighted by Gasteiger charge is 2.39. The summed E-state index contributed by atoms with van der Waals surface area (Å²) in [6, 6.07) is 1.57. The summed E-state index contributed by atoms with van der Waals surface area (Å²) in [5.74, 6) is -0.00622. The molecule has 138 valence electrons. The molecule has 1 aromatic rings. The maximum Gasteiger partial charge on any atom is 0.376 e. The van der Waals surface area contributed by atoms with E-state index in [0.717, 1.165) is 11.3 Å². The Balaban J connectivity index is 2.28. The summed E-state index contributed by atoms with van der Waals surface area (Å²) in [5, 5.41) is 21.1. The molecule has 9 heteroatoms. The molecule has 0 fully saturated rings. The summed E-state index contributed by atoms with van der Waals surface area (Å²) in [6.45, 7) is 14.3. The van der Waals surface area contributed by atoms with Crippen molar-refractivity contribution in [1.82, 2.24) is 9.79 Å². The van der Waals surface area contributed by atoms with E-state index in [0.29, 0.717) is 19.7 Å². The monoisotopic (exact) mass is 365 g/mol. The van der Waals surface area contributed by atoms with Crippen LogP contribution in [0.1, 0.15) is 37.9 Å². The summed E-state index contributed by atoms with van der Waals surface area (Å²) < 4.78 is 6.35. The molecule has 0 radical (unpaired) electrons. The Morgan fingerprint density at radius 2 is 2.16 bits per heavy atom. The molecule has 1 atom stereocenters. The third kappa shape index (κ3) is 4.47. The molecule has 1 aromatic heterocycles. The van der Waals surface area contributed by atoms with Crippen LogP contribution in [0.5, 0.6) is 0 Å². The van der Waals surface area contributed by atoms with Gasteiger partial charge >= 0.3 is 7.05 Å². The molecule has 2 rings (SSSR count). The molecule has 0 saturated carbocycles. The van der Waals surface area contributed by atoms with E-state index < -0.39 is 20.3 Å². The lowest BCUT2D eigenvalue weighted by molar-refractivity contribution is -0.385. The lowest BCUT2D eigenvalue weighted by atomic mass is 9.80. The van der Waals surface area contributed by atoms with Crippen molar-refractivity contribution < 1.29 is 14.4 Å². The molecule has 0 amide bonds. The van der Waals surface area contributed by atoms with Gasteiger partial charge in [0.15, 0.2) is 8.32 Å². The molecule has 0 bridgehead atoms. The Hall–Kier alpha value is -1.29. The highest BCUT2D eigenvalue weighted by Crippen LogP contribution is 2.38. The van der Waals surface area contributed by atoms with Crippen molar-refractivity contribution in [3.63, 3.8) is 0 Å². The lowest BCUT2D eigenvalue weighted by Crippen LogP contribution is -2.46. The Morgan fingerprint density at radius 3 is 2.68 bits per heavy atom. The second-order valence-corrected chi connectivity index (χ2v) is 13.1. The minimum Gasteiger partial charge on any atom is -0.437 e. The molecule has 25 heavy (non-hydrogen) atoms. The summed E-state index contributed by atoms with van der Waals surface area (Å²) in [6.07, 6.45) is 1.32. The topological polar surface area (TPSA) is 88.7 Å². The Kier molecular flexibility index (Phi) is 5.72. The number of rotatable bonds is 5. The Morgan fingerprint density at radius 1 is 1.52 bits per heavy atom. The molecule has 0 saturated heterocycles. The molecular formula is C16H28BN3O4Si. The van der Waals surface area contributed by atoms with Crippen molar-refractivity contribution in [2.45, 2.75) is 58.2 Å². The smallest absolute Gasteiger partial charge is 0.376 e. The van der Waals surface area contributed by atoms with Crippen molar-refractivity contribution in [2.24, 2.45) is 0 Å². The minimum absolute atomic E-state index is 0.00622. The van der Waals surface area contributed by atoms with Gasteiger partial charge < -0.3 is 14.3 Å². The second kappa shape index (κ2) is 7.14. The lowest BCUT2D eigenvalue weighted by Gasteiger charge is -2.39. The van der Waals surface area contributed by atoms with Gasteiger partial charge in [-0.15, -0.1) is 0 Å². The molecule has 1 N–H and O–H groups in total. The molecule has 1 aliphatic heterocycles. The van der Waals surface area contributed by atoms with Crippen LogP contribution in [0, 0.1) is 10.1 Å². The van der Waals surface area contributed by atoms with Gasteiger partial charge in [-0.05, 0) is 30.5 Å². The Bertz CT molecular complexity index is 649. The fourth-order valence-electron chi connectivity index (χ4n) is 2.70. The van der Waals surface area contributed by atoms with Crippen molar-refractivity contribution in [3.05, 3.63) is 33.6 Å². The van der Waals surface area contributed by atoms with E-state index in [1.54, 1.807) is 12.9 Å². The summed E-state index contributed by atoms with van der Waals surface area (Å²) in [7, 11) is -2.53. The maximum atomic E-state index is 11.0. The van der Waals surface area contributed by atoms with Gasteiger partial charge in [0.2, 0.25) is 0 Å². The number of nitrogens with zero attached hydrogens (tertiary/aromatic N) is 3. The summed E-state index contributed by atoms with van der Waals surface area (Å²) >= 11 is 0. The first-order valence-electron chi connectivity index (χ1n) is 8.61. The standard InChI is InChI=1S/C16H28BN3O4Si/c1-16(2,3)25(5,6)24-11-13-10-19(17(4)21)9-12-7-14(20(22)23)8-18-15(12)13/h7-8,13,21H,9-11H2,1-6H3. The fraction of sp³-hybridized carbons (Fsp3) is 0.688. The van der Waals surface area contributed by atoms with Crippen molar-refractivity contribution >= 4 is 21.1 Å². The second-order valence-electron chi connectivity index (χ2n) is 8.32. The van der Waals surface area contributed by atoms with Crippen LogP contribution >= 0.6 is 0 Å². The van der Waals surface area contributed by atoms with Crippen LogP contribution in [0.2, 0.25) is 25.0 Å². The molecule has 0 spiro atoms. The highest BCUT2D eigenvalue weighted by molar-refractivity contribution is 6.74. The van der Waals surface area contributed by atoms with E-state index in [2.05, 4.69) is 38.8 Å². The van der Waals surface area contributed by atoms with Crippen LogP contribution < -0.4 is 0 Å². The minimum atomic E-state index is -1.91. The quantitative estimate of drug-likeness (QED) is 0.490. The average molecular weight is 365 g/mol. The van der Waals surface area contributed by atoms with E-state index in [1.807, 2.05) is 4.81 Å². The first-order chi connectivity index (χ1) is 11.4. The molecular weight excluding hydrogens is 337 g/mol. The molecule has 2 heterocycles. The van der Waals surface area contributed by atoms with Crippen LogP contribution in [0.15, 0.2) is 12.3 Å². The number of fused-ring (bicyclic) bond motifs is 1. The number of aromatic nitrogens is 1. The zero-order valence-corrected chi connectivity index (χ0v) is 16.9. The maximum absolute atomic E-state index is 11.0. The van der Waals surface area contributed by atoms with E-state index in [9.17, 15) is 15.1 Å². The van der Waals surface area contributed by atoms with Crippen LogP contribution in [-0.4, -0.2) is 48.3 Å². The first kappa shape index (κ1) is 20.0. The Labute approximate surface area is 150 Å². The first-order valence-corrected chi connectivity index (χ1v) is 11.5. The molecule has 7 nitrogen and oxygen atoms in total. The highest BCUT2D eigenvalue weighted by atomic mass is 28.4. The number of hydrogen-bond donors (Lipinski definition) is 1. The number of hydrogen-bond acceptors (Lipinski definition) is 6. The van der Waals surface area contributed by atoms with E-state index in [4.69, 9.17) is 4.43 Å². The summed E-state index contributed by atoms with van der Waals surface area (Å²) in [5.41, 5.74) is 1.63. The van der Waals surface area contributed by atoms with Gasteiger partial charge in [0.25, 0.3) is 5.69 Å². The van der Waals surface area contributed by atoms with E-state index in [1.165, 1.54) is 6.20 Å². The van der Waals surface area contributed by atoms with Crippen LogP contribution in [0.4, 0.5) is 5.69 Å². The van der Waals surface area contributed by atoms with E-state index in [-0.39, 0.29) is 16.6 Å². The number of nitro groups is 1. The molecule has 0 aromatic carbocycles. The van der Waals surface area contributed by atoms with Gasteiger partial charge in [0.05, 0.1) is 10.6 Å². The van der Waals surface area contributed by atoms with E-state index >= 15 is 0 Å². The third-order valence-corrected chi connectivity index (χ3v) is 9.89. The molecule has 1 aliphatic rings. The van der Waals surface area contributed by atoms with Gasteiger partial charge in [-0.2, -0.15) is 0 Å². The van der Waals surface area contributed by atoms with Gasteiger partial charge in [-0.3, -0.25) is 15.1 Å². The van der Waals surface area contributed by atoms with Gasteiger partial charge in [-0.25, -0.2) is 0 Å². The van der Waals surface area contributed by atoms with Crippen molar-refractivity contribution in [3.8, 4) is 0 Å². The fourth-order valence-corrected chi connectivity index (χ4v) is 3.75. The predicted octanol–water partition coefficient (Wildman–Crippen LogP) is 3.02. The number of pyridine rings is 1. The van der Waals surface area contributed by atoms with Gasteiger partial charge in [-0.1, -0.05) is 20.8 Å². The SMILES string of the molecule is CB(O)N1Cc2cc([N+](=O)[O-])cnc2C(CO[Si](C)(C)C(C)(C)C)C1. The van der Waals surface area contributed by atoms with Gasteiger partial charge in [0, 0.05) is 31.7 Å². The average Bonchev–Trinajstić information content (AvgIpc) is 2.50. The predicted molar refractivity (Wildman–Crippen MR) is 101 cm³/mol. The molecule has 0 aliphatic carbocycles. The van der Waals surface area contributed by atoms with Crippen LogP contribution in [0.25, 0.3) is 0 Å². The largest absolute Gasteiger partial charge is 0.437 e. The molecule has 1 unspecified atom stereocenters. The van der Waals surface area contributed by atoms with Crippen LogP contribution in [-0.2, 0) is 11.0 Å².